The Morgan fingerprint density at radius 2 is 1.00 bits per heavy atom. The van der Waals surface area contributed by atoms with Crippen LogP contribution in [0.1, 0.15) is 7.43 Å². The van der Waals surface area contributed by atoms with Gasteiger partial charge >= 0.3 is 17.6 Å². The van der Waals surface area contributed by atoms with Crippen LogP contribution in [0.5, 0.6) is 0 Å². The van der Waals surface area contributed by atoms with Crippen molar-refractivity contribution >= 4 is 26.0 Å². The Morgan fingerprint density at radius 3 is 1.00 bits per heavy atom. The molecule has 3 heteroatoms. The first-order chi connectivity index (χ1) is 0. The summed E-state index contributed by atoms with van der Waals surface area (Å²) in [7, 11) is 0. The van der Waals surface area contributed by atoms with Gasteiger partial charge in [-0.05, 0) is 0 Å². The third kappa shape index (κ3) is 19.6. The number of hydrogen-bond acceptors (Lipinski definition) is 0. The van der Waals surface area contributed by atoms with Crippen LogP contribution in [-0.2, 0) is 0 Å². The molecule has 0 aliphatic carbocycles. The Balaban J connectivity index is 0. The zero-order chi connectivity index (χ0) is 0. The molecule has 0 rings (SSSR count). The predicted octanol–water partition coefficient (Wildman–Crippen LogP) is -2.02. The van der Waals surface area contributed by atoms with Crippen LogP contribution in [0.3, 0.4) is 0 Å². The van der Waals surface area contributed by atoms with E-state index in [0.717, 1.165) is 0 Å². The molecule has 0 aliphatic heterocycles. The van der Waals surface area contributed by atoms with Gasteiger partial charge in [0.15, 0.2) is 0 Å². The zero-order valence-electron chi connectivity index (χ0n) is 1.08. The van der Waals surface area contributed by atoms with Crippen molar-refractivity contribution in [3.05, 3.63) is 0 Å². The normalized spacial score (nSPS) is 0. The van der Waals surface area contributed by atoms with E-state index >= 15 is 0 Å². The van der Waals surface area contributed by atoms with Crippen LogP contribution >= 0.6 is 0 Å². The molecule has 4 heavy (non-hydrogen) atoms. The van der Waals surface area contributed by atoms with Gasteiger partial charge in [-0.25, -0.2) is 0 Å². The van der Waals surface area contributed by atoms with Crippen molar-refractivity contribution in [1.82, 2.24) is 0 Å². The molecule has 0 bridgehead atoms. The van der Waals surface area contributed by atoms with Crippen molar-refractivity contribution in [3.8, 4) is 0 Å². The minimum atomic E-state index is 0. The summed E-state index contributed by atoms with van der Waals surface area (Å²) in [6.45, 7) is 0. The van der Waals surface area contributed by atoms with E-state index < -0.39 is 0 Å². The van der Waals surface area contributed by atoms with E-state index in [4.69, 9.17) is 0 Å². The Kier molecular flexibility index (Phi) is 3290. The van der Waals surface area contributed by atoms with Crippen LogP contribution in [0.2, 0.25) is 0 Å². The zero-order valence-corrected chi connectivity index (χ0v) is 1.08. The fourth-order valence-corrected chi connectivity index (χ4v) is 0. The molecule has 0 amide bonds. The maximum absolute atomic E-state index is 0. The molecule has 0 aromatic heterocycles. The van der Waals surface area contributed by atoms with Crippen molar-refractivity contribution < 1.29 is 5.48 Å². The van der Waals surface area contributed by atoms with Gasteiger partial charge in [-0.3, -0.25) is 0 Å². The Hall–Kier alpha value is 0.568. The molecule has 0 aliphatic rings. The van der Waals surface area contributed by atoms with Crippen molar-refractivity contribution in [1.29, 1.82) is 0 Å². The van der Waals surface area contributed by atoms with Gasteiger partial charge in [0.05, 0.1) is 0 Å². The van der Waals surface area contributed by atoms with E-state index in [0.29, 0.717) is 0 Å². The summed E-state index contributed by atoms with van der Waals surface area (Å²) in [5.74, 6) is 0. The molecule has 0 unspecified atom stereocenters. The average Bonchev–Trinajstić information content (AvgIpc) is 0. The molecular formula is CH10BGeO. The minimum absolute atomic E-state index is 0. The predicted molar refractivity (Wildman–Crippen MR) is 27.4 cm³/mol. The van der Waals surface area contributed by atoms with Crippen molar-refractivity contribution in [2.45, 2.75) is 7.43 Å². The van der Waals surface area contributed by atoms with E-state index in [1.54, 1.807) is 0 Å². The summed E-state index contributed by atoms with van der Waals surface area (Å²) in [5.41, 5.74) is 0. The fraction of sp³-hybridized carbons (Fsp3) is 1.00. The molecule has 0 saturated carbocycles. The molecule has 0 heterocycles. The van der Waals surface area contributed by atoms with Crippen molar-refractivity contribution in [3.63, 3.8) is 0 Å². The summed E-state index contributed by atoms with van der Waals surface area (Å²) in [5, 5.41) is 0. The van der Waals surface area contributed by atoms with Gasteiger partial charge in [-0.15, -0.1) is 0 Å². The molecule has 27 valence electrons. The Bertz CT molecular complexity index is 8.00. The molecule has 0 fully saturated rings. The van der Waals surface area contributed by atoms with Crippen LogP contribution in [0.15, 0.2) is 0 Å². The molecule has 0 saturated heterocycles. The molecule has 3 radical (unpaired) electrons. The average molecular weight is 122 g/mol. The summed E-state index contributed by atoms with van der Waals surface area (Å²) in [6, 6.07) is 0. The molecule has 0 spiro atoms. The maximum atomic E-state index is 0. The van der Waals surface area contributed by atoms with Gasteiger partial charge in [0.1, 0.15) is 0 Å². The third-order valence-corrected chi connectivity index (χ3v) is 0. The first-order valence-electron chi connectivity index (χ1n) is 0. The molecule has 0 aromatic rings. The standard InChI is InChI=1S/CH4.B.GeH4.H2O/h1H4;;1H4;1H2. The van der Waals surface area contributed by atoms with Gasteiger partial charge in [0.25, 0.3) is 0 Å². The van der Waals surface area contributed by atoms with Crippen molar-refractivity contribution in [2.75, 3.05) is 0 Å². The first-order valence-corrected chi connectivity index (χ1v) is 0. The van der Waals surface area contributed by atoms with Gasteiger partial charge in [-0.2, -0.15) is 0 Å². The van der Waals surface area contributed by atoms with E-state index in [9.17, 15) is 0 Å². The SMILES string of the molecule is C.O.[B].[GeH4]. The van der Waals surface area contributed by atoms with Crippen LogP contribution in [0, 0.1) is 0 Å². The molecule has 1 nitrogen and oxygen atoms in total. The topological polar surface area (TPSA) is 31.5 Å². The second-order valence-corrected chi connectivity index (χ2v) is 0. The van der Waals surface area contributed by atoms with E-state index in [-0.39, 0.29) is 38.9 Å². The monoisotopic (exact) mass is 123 g/mol. The van der Waals surface area contributed by atoms with Gasteiger partial charge in [0, 0.05) is 8.41 Å². The Morgan fingerprint density at radius 1 is 1.00 bits per heavy atom. The third-order valence-electron chi connectivity index (χ3n) is 0. The molecule has 0 aromatic carbocycles. The van der Waals surface area contributed by atoms with E-state index in [2.05, 4.69) is 0 Å². The Labute approximate surface area is 39.6 Å². The van der Waals surface area contributed by atoms with Gasteiger partial charge in [-0.1, -0.05) is 7.43 Å². The first kappa shape index (κ1) is 180. The summed E-state index contributed by atoms with van der Waals surface area (Å²) in [6.07, 6.45) is 0. The summed E-state index contributed by atoms with van der Waals surface area (Å²) >= 11 is 0. The van der Waals surface area contributed by atoms with Crippen LogP contribution in [0.25, 0.3) is 0 Å². The molecular weight excluding hydrogens is 111 g/mol. The van der Waals surface area contributed by atoms with Gasteiger partial charge < -0.3 is 5.48 Å². The van der Waals surface area contributed by atoms with Crippen LogP contribution in [-0.4, -0.2) is 31.5 Å². The van der Waals surface area contributed by atoms with Gasteiger partial charge in [0.2, 0.25) is 0 Å². The second kappa shape index (κ2) is 73.0. The quantitative estimate of drug-likeness (QED) is 0.332. The van der Waals surface area contributed by atoms with E-state index in [1.807, 2.05) is 0 Å². The number of hydrogen-bond donors (Lipinski definition) is 0. The van der Waals surface area contributed by atoms with Crippen LogP contribution < -0.4 is 0 Å². The van der Waals surface area contributed by atoms with Crippen LogP contribution in [0.4, 0.5) is 0 Å². The fourth-order valence-electron chi connectivity index (χ4n) is 0. The molecule has 0 atom stereocenters. The summed E-state index contributed by atoms with van der Waals surface area (Å²) < 4.78 is 0. The summed E-state index contributed by atoms with van der Waals surface area (Å²) in [4.78, 5) is 0. The second-order valence-electron chi connectivity index (χ2n) is 0. The number of rotatable bonds is 0. The van der Waals surface area contributed by atoms with Crippen molar-refractivity contribution in [2.24, 2.45) is 0 Å². The van der Waals surface area contributed by atoms with E-state index in [1.165, 1.54) is 0 Å². The molecule has 2 N–H and O–H groups in total.